The Hall–Kier alpha value is 0.0364. The van der Waals surface area contributed by atoms with Crippen LogP contribution in [0.15, 0.2) is 18.2 Å². The van der Waals surface area contributed by atoms with Gasteiger partial charge in [0.05, 0.1) is 0 Å². The molecule has 0 saturated carbocycles. The van der Waals surface area contributed by atoms with E-state index in [1.807, 2.05) is 6.92 Å². The van der Waals surface area contributed by atoms with Crippen LogP contribution in [0.4, 0.5) is 11.4 Å². The molecule has 0 saturated heterocycles. The van der Waals surface area contributed by atoms with E-state index in [0.717, 1.165) is 11.3 Å². The van der Waals surface area contributed by atoms with Crippen LogP contribution in [0.5, 0.6) is 0 Å². The number of benzene rings is 1. The van der Waals surface area contributed by atoms with E-state index in [2.05, 4.69) is 10.6 Å². The molecule has 6 nitrogen and oxygen atoms in total. The first-order valence-electron chi connectivity index (χ1n) is 5.21. The molecule has 1 aromatic rings. The fraction of sp³-hybridized carbons (Fsp3) is 0.273. The maximum Gasteiger partial charge on any atom is 1.00 e. The van der Waals surface area contributed by atoms with Gasteiger partial charge in [-0.25, -0.2) is 8.42 Å². The fourth-order valence-electron chi connectivity index (χ4n) is 1.35. The summed E-state index contributed by atoms with van der Waals surface area (Å²) in [5.41, 5.74) is 2.19. The van der Waals surface area contributed by atoms with E-state index < -0.39 is 10.1 Å². The molecule has 0 aliphatic carbocycles. The molecule has 3 N–H and O–H groups in total. The van der Waals surface area contributed by atoms with Gasteiger partial charge in [0.15, 0.2) is 0 Å². The summed E-state index contributed by atoms with van der Waals surface area (Å²) in [4.78, 5) is 10.9. The summed E-state index contributed by atoms with van der Waals surface area (Å²) in [6.07, 6.45) is 0. The van der Waals surface area contributed by atoms with Gasteiger partial charge in [-0.1, -0.05) is 12.6 Å². The SMILES string of the molecule is CC(=O)Nc1ccc(C)c(NC[CH-]S(=O)(=O)O)c1.[K+]. The zero-order chi connectivity index (χ0) is 13.8. The van der Waals surface area contributed by atoms with Crippen molar-refractivity contribution < 1.29 is 69.1 Å². The molecular weight excluding hydrogens is 295 g/mol. The Morgan fingerprint density at radius 3 is 2.58 bits per heavy atom. The first kappa shape index (κ1) is 19.0. The molecule has 0 aliphatic heterocycles. The quantitative estimate of drug-likeness (QED) is 0.347. The van der Waals surface area contributed by atoms with Crippen LogP contribution in [0.2, 0.25) is 0 Å². The zero-order valence-corrected chi connectivity index (χ0v) is 15.0. The minimum atomic E-state index is -4.09. The van der Waals surface area contributed by atoms with E-state index in [-0.39, 0.29) is 63.8 Å². The number of amides is 1. The van der Waals surface area contributed by atoms with Gasteiger partial charge in [0.1, 0.15) is 10.1 Å². The summed E-state index contributed by atoms with van der Waals surface area (Å²) < 4.78 is 29.6. The number of hydrogen-bond acceptors (Lipinski definition) is 4. The Bertz CT molecular complexity index is 546. The van der Waals surface area contributed by atoms with Crippen LogP contribution in [0.1, 0.15) is 12.5 Å². The molecule has 0 aromatic heterocycles. The Morgan fingerprint density at radius 2 is 2.05 bits per heavy atom. The molecule has 19 heavy (non-hydrogen) atoms. The zero-order valence-electron chi connectivity index (χ0n) is 11.1. The minimum absolute atomic E-state index is 0. The van der Waals surface area contributed by atoms with Crippen LogP contribution in [0.25, 0.3) is 0 Å². The summed E-state index contributed by atoms with van der Waals surface area (Å²) in [5.74, 6) is 0.576. The van der Waals surface area contributed by atoms with Crippen molar-refractivity contribution in [2.45, 2.75) is 13.8 Å². The molecule has 0 aliphatic rings. The number of nitrogens with one attached hydrogen (secondary N) is 2. The summed E-state index contributed by atoms with van der Waals surface area (Å²) >= 11 is 0. The summed E-state index contributed by atoms with van der Waals surface area (Å²) in [5, 5.41) is 5.46. The van der Waals surface area contributed by atoms with Crippen molar-refractivity contribution in [1.29, 1.82) is 0 Å². The van der Waals surface area contributed by atoms with Gasteiger partial charge in [-0.2, -0.15) is 5.75 Å². The van der Waals surface area contributed by atoms with Gasteiger partial charge in [0.25, 0.3) is 0 Å². The van der Waals surface area contributed by atoms with Crippen molar-refractivity contribution in [1.82, 2.24) is 0 Å². The van der Waals surface area contributed by atoms with Crippen LogP contribution >= 0.6 is 0 Å². The second kappa shape index (κ2) is 8.35. The first-order valence-corrected chi connectivity index (χ1v) is 6.71. The molecule has 0 atom stereocenters. The molecule has 0 bridgehead atoms. The number of rotatable bonds is 5. The number of carbonyl (C=O) groups excluding carboxylic acids is 1. The van der Waals surface area contributed by atoms with Crippen LogP contribution in [-0.4, -0.2) is 25.4 Å². The van der Waals surface area contributed by atoms with Gasteiger partial charge >= 0.3 is 51.4 Å². The van der Waals surface area contributed by atoms with Crippen molar-refractivity contribution >= 4 is 27.4 Å². The van der Waals surface area contributed by atoms with E-state index in [1.54, 1.807) is 18.2 Å². The fourth-order valence-corrected chi connectivity index (χ4v) is 1.64. The van der Waals surface area contributed by atoms with Crippen LogP contribution in [-0.2, 0) is 14.9 Å². The number of aryl methyl sites for hydroxylation is 1. The summed E-state index contributed by atoms with van der Waals surface area (Å²) in [6, 6.07) is 5.23. The average molecular weight is 310 g/mol. The Labute approximate surface area is 155 Å². The van der Waals surface area contributed by atoms with Gasteiger partial charge in [-0.15, -0.1) is 0 Å². The van der Waals surface area contributed by atoms with Gasteiger partial charge in [-0.05, 0) is 24.6 Å². The number of anilines is 2. The maximum absolute atomic E-state index is 10.9. The largest absolute Gasteiger partial charge is 1.00 e. The van der Waals surface area contributed by atoms with Gasteiger partial charge in [0, 0.05) is 18.3 Å². The molecule has 0 fully saturated rings. The molecule has 0 spiro atoms. The molecular formula is C11H15KN2O4S. The predicted molar refractivity (Wildman–Crippen MR) is 69.8 cm³/mol. The number of hydrogen-bond donors (Lipinski definition) is 3. The number of carbonyl (C=O) groups is 1. The third kappa shape index (κ3) is 8.03. The summed E-state index contributed by atoms with van der Waals surface area (Å²) in [7, 11) is -4.09. The Balaban J connectivity index is 0.00000324. The molecule has 100 valence electrons. The predicted octanol–water partition coefficient (Wildman–Crippen LogP) is -1.58. The average Bonchev–Trinajstić information content (AvgIpc) is 2.20. The van der Waals surface area contributed by atoms with Gasteiger partial charge in [-0.3, -0.25) is 4.79 Å². The minimum Gasteiger partial charge on any atom is -0.414 e. The topological polar surface area (TPSA) is 95.5 Å². The first-order chi connectivity index (χ1) is 8.28. The van der Waals surface area contributed by atoms with E-state index in [1.165, 1.54) is 6.92 Å². The molecule has 0 unspecified atom stereocenters. The Kier molecular flexibility index (Phi) is 8.37. The summed E-state index contributed by atoms with van der Waals surface area (Å²) in [6.45, 7) is 3.22. The van der Waals surface area contributed by atoms with E-state index in [0.29, 0.717) is 11.4 Å². The Morgan fingerprint density at radius 1 is 1.42 bits per heavy atom. The van der Waals surface area contributed by atoms with Crippen molar-refractivity contribution in [2.75, 3.05) is 17.2 Å². The van der Waals surface area contributed by atoms with Crippen molar-refractivity contribution in [3.05, 3.63) is 29.5 Å². The molecule has 1 aromatic carbocycles. The van der Waals surface area contributed by atoms with Crippen molar-refractivity contribution in [3.63, 3.8) is 0 Å². The monoisotopic (exact) mass is 310 g/mol. The standard InChI is InChI=1S/C11H15N2O4S.K/c1-8-3-4-10(13-9(2)14)7-11(8)12-5-6-18(15,16)17;/h3-4,6-7,12H,5H2,1-2H3,(H,13,14)(H,15,16,17);/q-1;+1. The molecule has 0 radical (unpaired) electrons. The smallest absolute Gasteiger partial charge is 0.414 e. The van der Waals surface area contributed by atoms with E-state index in [9.17, 15) is 13.2 Å². The van der Waals surface area contributed by atoms with Crippen molar-refractivity contribution in [2.24, 2.45) is 0 Å². The molecule has 0 heterocycles. The van der Waals surface area contributed by atoms with Gasteiger partial charge < -0.3 is 15.2 Å². The normalized spacial score (nSPS) is 10.5. The third-order valence-corrected chi connectivity index (χ3v) is 2.73. The maximum atomic E-state index is 10.9. The van der Waals surface area contributed by atoms with E-state index >= 15 is 0 Å². The molecule has 1 amide bonds. The molecule has 8 heteroatoms. The van der Waals surface area contributed by atoms with E-state index in [4.69, 9.17) is 4.55 Å². The van der Waals surface area contributed by atoms with Gasteiger partial charge in [0.2, 0.25) is 5.91 Å². The van der Waals surface area contributed by atoms with Crippen molar-refractivity contribution in [3.8, 4) is 0 Å². The van der Waals surface area contributed by atoms with Crippen LogP contribution in [0.3, 0.4) is 0 Å². The second-order valence-corrected chi connectivity index (χ2v) is 5.14. The van der Waals surface area contributed by atoms with Crippen LogP contribution in [0, 0.1) is 12.7 Å². The van der Waals surface area contributed by atoms with Crippen LogP contribution < -0.4 is 62.0 Å². The molecule has 1 rings (SSSR count). The second-order valence-electron chi connectivity index (χ2n) is 3.77. The third-order valence-electron chi connectivity index (χ3n) is 2.14.